The highest BCUT2D eigenvalue weighted by Crippen LogP contribution is 2.27. The molecule has 2 heterocycles. The maximum Gasteiger partial charge on any atom is 0.439 e. The molecule has 0 unspecified atom stereocenters. The fraction of sp³-hybridized carbons (Fsp3) is 0.273. The highest BCUT2D eigenvalue weighted by Gasteiger charge is 2.30. The third-order valence-corrected chi connectivity index (χ3v) is 5.40. The number of alkyl halides is 1. The smallest absolute Gasteiger partial charge is 0.335 e. The fourth-order valence-corrected chi connectivity index (χ4v) is 3.59. The number of aromatic nitrogens is 2. The first-order valence-electron chi connectivity index (χ1n) is 9.71. The van der Waals surface area contributed by atoms with Crippen molar-refractivity contribution < 1.29 is 13.7 Å². The van der Waals surface area contributed by atoms with Crippen molar-refractivity contribution >= 4 is 11.6 Å². The molecule has 3 aromatic rings. The van der Waals surface area contributed by atoms with E-state index in [4.69, 9.17) is 5.41 Å². The lowest BCUT2D eigenvalue weighted by Gasteiger charge is -2.20. The third kappa shape index (κ3) is 3.94. The lowest BCUT2D eigenvalue weighted by molar-refractivity contribution is -0.123. The Morgan fingerprint density at radius 1 is 1.23 bits per heavy atom. The lowest BCUT2D eigenvalue weighted by atomic mass is 9.93. The molecule has 0 saturated carbocycles. The van der Waals surface area contributed by atoms with Gasteiger partial charge >= 0.3 is 5.76 Å². The second-order valence-electron chi connectivity index (χ2n) is 7.42. The Balaban J connectivity index is 1.51. The number of H-pyrrole nitrogens is 1. The molecule has 0 bridgehead atoms. The molecular formula is C22H21FN4O3. The minimum atomic E-state index is -0.998. The Morgan fingerprint density at radius 3 is 2.60 bits per heavy atom. The molecule has 2 N–H and O–H groups in total. The zero-order valence-electron chi connectivity index (χ0n) is 16.4. The highest BCUT2D eigenvalue weighted by molar-refractivity contribution is 6.39. The molecule has 8 heteroatoms. The molecule has 1 saturated heterocycles. The molecule has 2 aromatic carbocycles. The van der Waals surface area contributed by atoms with E-state index in [1.54, 1.807) is 6.92 Å². The summed E-state index contributed by atoms with van der Waals surface area (Å²) in [6.45, 7) is 2.24. The summed E-state index contributed by atoms with van der Waals surface area (Å²) >= 11 is 0. The van der Waals surface area contributed by atoms with Crippen molar-refractivity contribution in [1.29, 1.82) is 5.41 Å². The molecule has 154 valence electrons. The molecule has 4 rings (SSSR count). The number of halogens is 1. The zero-order chi connectivity index (χ0) is 21.3. The van der Waals surface area contributed by atoms with Crippen LogP contribution in [0.5, 0.6) is 0 Å². The number of nitrogens with one attached hydrogen (secondary N) is 2. The summed E-state index contributed by atoms with van der Waals surface area (Å²) in [5, 5.41) is 12.0. The second kappa shape index (κ2) is 8.06. The van der Waals surface area contributed by atoms with E-state index in [0.29, 0.717) is 18.8 Å². The van der Waals surface area contributed by atoms with Crippen LogP contribution in [0, 0.1) is 5.41 Å². The van der Waals surface area contributed by atoms with E-state index in [1.165, 1.54) is 4.90 Å². The molecule has 0 radical (unpaired) electrons. The first-order chi connectivity index (χ1) is 14.4. The molecule has 7 nitrogen and oxygen atoms in total. The largest absolute Gasteiger partial charge is 0.439 e. The van der Waals surface area contributed by atoms with Gasteiger partial charge in [0.25, 0.3) is 5.91 Å². The molecule has 2 atom stereocenters. The van der Waals surface area contributed by atoms with Crippen LogP contribution in [0.25, 0.3) is 22.5 Å². The van der Waals surface area contributed by atoms with Gasteiger partial charge in [0.2, 0.25) is 0 Å². The Bertz CT molecular complexity index is 1140. The van der Waals surface area contributed by atoms with E-state index in [-0.39, 0.29) is 12.3 Å². The standard InChI is InChI=1S/C22H21FN4O3/c1-13(19(24)21(28)27-10-9-18(23)12-27)14-5-7-15(8-6-14)16-3-2-4-17(11-16)20-25-22(29)30-26-20/h2-8,11,13,18,24H,9-10,12H2,1H3,(H,25,26,29)/t13-,18-/m0/s1. The molecule has 1 aliphatic rings. The van der Waals surface area contributed by atoms with E-state index in [9.17, 15) is 14.0 Å². The van der Waals surface area contributed by atoms with Crippen LogP contribution in [0.2, 0.25) is 0 Å². The van der Waals surface area contributed by atoms with Gasteiger partial charge in [0.05, 0.1) is 6.54 Å². The first-order valence-corrected chi connectivity index (χ1v) is 9.71. The van der Waals surface area contributed by atoms with Gasteiger partial charge < -0.3 is 4.90 Å². The molecule has 30 heavy (non-hydrogen) atoms. The Hall–Kier alpha value is -3.55. The maximum absolute atomic E-state index is 13.4. The van der Waals surface area contributed by atoms with Gasteiger partial charge in [-0.1, -0.05) is 54.5 Å². The second-order valence-corrected chi connectivity index (χ2v) is 7.42. The predicted octanol–water partition coefficient (Wildman–Crippen LogP) is 3.39. The number of likely N-dealkylation sites (tertiary alicyclic amines) is 1. The number of nitrogens with zero attached hydrogens (tertiary/aromatic N) is 2. The van der Waals surface area contributed by atoms with Gasteiger partial charge in [-0.3, -0.25) is 19.7 Å². The van der Waals surface area contributed by atoms with Crippen molar-refractivity contribution in [2.75, 3.05) is 13.1 Å². The van der Waals surface area contributed by atoms with Crippen LogP contribution in [-0.4, -0.2) is 45.9 Å². The summed E-state index contributed by atoms with van der Waals surface area (Å²) in [6, 6.07) is 15.1. The van der Waals surface area contributed by atoms with E-state index in [1.807, 2.05) is 48.5 Å². The van der Waals surface area contributed by atoms with Gasteiger partial charge in [0.15, 0.2) is 5.82 Å². The van der Waals surface area contributed by atoms with Gasteiger partial charge in [-0.25, -0.2) is 9.18 Å². The van der Waals surface area contributed by atoms with Crippen LogP contribution in [0.4, 0.5) is 4.39 Å². The Kier molecular flexibility index (Phi) is 5.31. The van der Waals surface area contributed by atoms with E-state index in [2.05, 4.69) is 14.7 Å². The van der Waals surface area contributed by atoms with Crippen LogP contribution >= 0.6 is 0 Å². The summed E-state index contributed by atoms with van der Waals surface area (Å²) < 4.78 is 17.9. The van der Waals surface area contributed by atoms with E-state index >= 15 is 0 Å². The number of rotatable bonds is 5. The van der Waals surface area contributed by atoms with Crippen molar-refractivity contribution in [3.8, 4) is 22.5 Å². The quantitative estimate of drug-likeness (QED) is 0.632. The van der Waals surface area contributed by atoms with Crippen molar-refractivity contribution in [1.82, 2.24) is 15.0 Å². The topological polar surface area (TPSA) is 103 Å². The van der Waals surface area contributed by atoms with Gasteiger partial charge in [0.1, 0.15) is 11.9 Å². The number of hydrogen-bond donors (Lipinski definition) is 2. The molecular weight excluding hydrogens is 387 g/mol. The number of hydrogen-bond acceptors (Lipinski definition) is 5. The SMILES string of the molecule is C[C@H](C(=N)C(=O)N1CC[C@H](F)C1)c1ccc(-c2cccc(-c3noc(=O)[nH]3)c2)cc1. The fourth-order valence-electron chi connectivity index (χ4n) is 3.59. The average molecular weight is 408 g/mol. The number of carbonyl (C=O) groups is 1. The molecule has 1 fully saturated rings. The van der Waals surface area contributed by atoms with Crippen molar-refractivity contribution in [2.24, 2.45) is 0 Å². The predicted molar refractivity (Wildman–Crippen MR) is 110 cm³/mol. The Labute approximate surface area is 172 Å². The van der Waals surface area contributed by atoms with Crippen molar-refractivity contribution in [3.63, 3.8) is 0 Å². The van der Waals surface area contributed by atoms with Crippen molar-refractivity contribution in [2.45, 2.75) is 25.4 Å². The van der Waals surface area contributed by atoms with Crippen LogP contribution in [0.15, 0.2) is 57.8 Å². The summed E-state index contributed by atoms with van der Waals surface area (Å²) in [5.41, 5.74) is 3.39. The summed E-state index contributed by atoms with van der Waals surface area (Å²) in [4.78, 5) is 27.6. The number of amides is 1. The molecule has 0 aliphatic carbocycles. The zero-order valence-corrected chi connectivity index (χ0v) is 16.4. The van der Waals surface area contributed by atoms with Crippen LogP contribution in [0.3, 0.4) is 0 Å². The normalized spacial score (nSPS) is 17.1. The summed E-state index contributed by atoms with van der Waals surface area (Å²) in [5.74, 6) is -1.05. The van der Waals surface area contributed by atoms with Crippen LogP contribution in [0.1, 0.15) is 24.8 Å². The molecule has 1 aromatic heterocycles. The van der Waals surface area contributed by atoms with E-state index < -0.39 is 23.8 Å². The third-order valence-electron chi connectivity index (χ3n) is 5.40. The van der Waals surface area contributed by atoms with Gasteiger partial charge in [-0.05, 0) is 29.2 Å². The maximum atomic E-state index is 13.4. The summed E-state index contributed by atoms with van der Waals surface area (Å²) in [7, 11) is 0. The van der Waals surface area contributed by atoms with Crippen LogP contribution < -0.4 is 5.76 Å². The van der Waals surface area contributed by atoms with Gasteiger partial charge in [0, 0.05) is 18.0 Å². The molecule has 1 amide bonds. The molecule has 0 spiro atoms. The minimum Gasteiger partial charge on any atom is -0.335 e. The average Bonchev–Trinajstić information content (AvgIpc) is 3.40. The van der Waals surface area contributed by atoms with Gasteiger partial charge in [-0.2, -0.15) is 0 Å². The molecule has 1 aliphatic heterocycles. The van der Waals surface area contributed by atoms with Crippen molar-refractivity contribution in [3.05, 3.63) is 64.6 Å². The highest BCUT2D eigenvalue weighted by atomic mass is 19.1. The number of carbonyl (C=O) groups excluding carboxylic acids is 1. The number of aromatic amines is 1. The number of benzene rings is 2. The first kappa shape index (κ1) is 19.8. The lowest BCUT2D eigenvalue weighted by Crippen LogP contribution is -2.36. The summed E-state index contributed by atoms with van der Waals surface area (Å²) in [6.07, 6.45) is -0.661. The van der Waals surface area contributed by atoms with E-state index in [0.717, 1.165) is 22.3 Å². The Morgan fingerprint density at radius 2 is 1.97 bits per heavy atom. The van der Waals surface area contributed by atoms with Crippen LogP contribution in [-0.2, 0) is 4.79 Å². The minimum absolute atomic E-state index is 0.0335. The monoisotopic (exact) mass is 408 g/mol. The van der Waals surface area contributed by atoms with Gasteiger partial charge in [-0.15, -0.1) is 0 Å².